The Morgan fingerprint density at radius 3 is 2.85 bits per heavy atom. The molecule has 0 saturated heterocycles. The van der Waals surface area contributed by atoms with Crippen LogP contribution in [0, 0.1) is 22.0 Å². The summed E-state index contributed by atoms with van der Waals surface area (Å²) in [6.07, 6.45) is 1.18. The van der Waals surface area contributed by atoms with Gasteiger partial charge in [0.15, 0.2) is 11.5 Å². The number of aromatic nitrogens is 1. The third-order valence-electron chi connectivity index (χ3n) is 3.58. The Balaban J connectivity index is 2.29. The minimum absolute atomic E-state index is 0.120. The molecule has 1 aliphatic carbocycles. The Bertz CT molecular complexity index is 560. The van der Waals surface area contributed by atoms with Crippen LogP contribution in [-0.2, 0) is 0 Å². The molecule has 2 atom stereocenters. The van der Waals surface area contributed by atoms with Crippen molar-refractivity contribution in [2.24, 2.45) is 22.7 Å². The lowest BCUT2D eigenvalue weighted by atomic mass is 10.2. The fourth-order valence-electron chi connectivity index (χ4n) is 2.14. The molecule has 0 bridgehead atoms. The number of hydrogen-bond acceptors (Lipinski definition) is 6. The number of nitrogens with zero attached hydrogens (tertiary/aromatic N) is 4. The van der Waals surface area contributed by atoms with Crippen LogP contribution >= 0.6 is 0 Å². The van der Waals surface area contributed by atoms with E-state index in [2.05, 4.69) is 17.1 Å². The van der Waals surface area contributed by atoms with Crippen LogP contribution in [0.4, 0.5) is 11.5 Å². The molecule has 20 heavy (non-hydrogen) atoms. The average molecular weight is 279 g/mol. The van der Waals surface area contributed by atoms with Crippen molar-refractivity contribution in [3.05, 3.63) is 27.9 Å². The molecule has 0 aromatic carbocycles. The minimum Gasteiger partial charge on any atom is -0.409 e. The summed E-state index contributed by atoms with van der Waals surface area (Å²) in [7, 11) is 1.87. The molecule has 108 valence electrons. The van der Waals surface area contributed by atoms with Gasteiger partial charge in [-0.15, -0.1) is 0 Å². The number of oxime groups is 1. The van der Waals surface area contributed by atoms with Crippen LogP contribution in [0.2, 0.25) is 0 Å². The molecule has 0 spiro atoms. The fourth-order valence-corrected chi connectivity index (χ4v) is 2.14. The molecular weight excluding hydrogens is 262 g/mol. The molecule has 1 aromatic heterocycles. The maximum Gasteiger partial charge on any atom is 0.298 e. The van der Waals surface area contributed by atoms with Crippen LogP contribution in [-0.4, -0.2) is 34.5 Å². The number of nitro groups is 1. The highest BCUT2D eigenvalue weighted by molar-refractivity contribution is 5.99. The van der Waals surface area contributed by atoms with E-state index in [1.807, 2.05) is 11.9 Å². The monoisotopic (exact) mass is 279 g/mol. The first-order valence-corrected chi connectivity index (χ1v) is 6.28. The highest BCUT2D eigenvalue weighted by atomic mass is 16.6. The summed E-state index contributed by atoms with van der Waals surface area (Å²) in [4.78, 5) is 16.4. The molecule has 1 fully saturated rings. The Hall–Kier alpha value is -2.38. The van der Waals surface area contributed by atoms with E-state index >= 15 is 0 Å². The molecule has 1 aromatic rings. The summed E-state index contributed by atoms with van der Waals surface area (Å²) >= 11 is 0. The highest BCUT2D eigenvalue weighted by Gasteiger charge is 2.33. The standard InChI is InChI=1S/C12H17N5O3/c1-7-5-8(7)6-16(2)10-4-3-9(17(19)20)11(14-10)12(13)15-18/h3-4,7-8,18H,5-6H2,1-2H3,(H2,13,15). The third kappa shape index (κ3) is 2.79. The molecule has 0 aliphatic heterocycles. The van der Waals surface area contributed by atoms with Crippen LogP contribution in [0.5, 0.6) is 0 Å². The average Bonchev–Trinajstić information content (AvgIpc) is 3.12. The lowest BCUT2D eigenvalue weighted by molar-refractivity contribution is -0.385. The number of pyridine rings is 1. The molecule has 0 amide bonds. The normalized spacial score (nSPS) is 21.6. The van der Waals surface area contributed by atoms with Crippen molar-refractivity contribution < 1.29 is 10.1 Å². The summed E-state index contributed by atoms with van der Waals surface area (Å²) in [5.74, 6) is 1.53. The van der Waals surface area contributed by atoms with Crippen molar-refractivity contribution in [3.8, 4) is 0 Å². The summed E-state index contributed by atoms with van der Waals surface area (Å²) in [5.41, 5.74) is 5.05. The second-order valence-electron chi connectivity index (χ2n) is 5.13. The van der Waals surface area contributed by atoms with E-state index in [9.17, 15) is 10.1 Å². The molecule has 1 aliphatic rings. The van der Waals surface area contributed by atoms with Gasteiger partial charge in [-0.3, -0.25) is 10.1 Å². The predicted octanol–water partition coefficient (Wildman–Crippen LogP) is 1.18. The van der Waals surface area contributed by atoms with Gasteiger partial charge in [-0.25, -0.2) is 4.98 Å². The van der Waals surface area contributed by atoms with E-state index in [1.54, 1.807) is 6.07 Å². The Labute approximate surface area is 116 Å². The van der Waals surface area contributed by atoms with E-state index in [-0.39, 0.29) is 17.2 Å². The van der Waals surface area contributed by atoms with Crippen molar-refractivity contribution in [3.63, 3.8) is 0 Å². The number of rotatable bonds is 5. The number of hydrogen-bond donors (Lipinski definition) is 2. The minimum atomic E-state index is -0.604. The smallest absolute Gasteiger partial charge is 0.298 e. The van der Waals surface area contributed by atoms with Gasteiger partial charge < -0.3 is 15.8 Å². The second-order valence-corrected chi connectivity index (χ2v) is 5.13. The van der Waals surface area contributed by atoms with Gasteiger partial charge in [-0.1, -0.05) is 12.1 Å². The predicted molar refractivity (Wildman–Crippen MR) is 73.9 cm³/mol. The maximum absolute atomic E-state index is 10.9. The van der Waals surface area contributed by atoms with Crippen molar-refractivity contribution in [1.82, 2.24) is 4.98 Å². The quantitative estimate of drug-likeness (QED) is 0.275. The van der Waals surface area contributed by atoms with Gasteiger partial charge in [-0.05, 0) is 24.3 Å². The van der Waals surface area contributed by atoms with Crippen molar-refractivity contribution in [1.29, 1.82) is 0 Å². The molecule has 1 saturated carbocycles. The zero-order valence-electron chi connectivity index (χ0n) is 11.4. The Morgan fingerprint density at radius 2 is 2.35 bits per heavy atom. The molecule has 1 heterocycles. The first-order chi connectivity index (χ1) is 9.43. The summed E-state index contributed by atoms with van der Waals surface area (Å²) < 4.78 is 0. The second kappa shape index (κ2) is 5.32. The van der Waals surface area contributed by atoms with E-state index in [4.69, 9.17) is 10.9 Å². The summed E-state index contributed by atoms with van der Waals surface area (Å²) in [6.45, 7) is 3.02. The van der Waals surface area contributed by atoms with E-state index < -0.39 is 4.92 Å². The van der Waals surface area contributed by atoms with Crippen molar-refractivity contribution >= 4 is 17.3 Å². The van der Waals surface area contributed by atoms with Gasteiger partial charge in [0.25, 0.3) is 5.69 Å². The first kappa shape index (κ1) is 14.0. The largest absolute Gasteiger partial charge is 0.409 e. The fraction of sp³-hybridized carbons (Fsp3) is 0.500. The third-order valence-corrected chi connectivity index (χ3v) is 3.58. The van der Waals surface area contributed by atoms with Crippen LogP contribution < -0.4 is 10.6 Å². The van der Waals surface area contributed by atoms with Gasteiger partial charge in [0.2, 0.25) is 0 Å². The molecule has 8 heteroatoms. The Kier molecular flexibility index (Phi) is 3.73. The molecule has 2 unspecified atom stereocenters. The number of amidine groups is 1. The van der Waals surface area contributed by atoms with Crippen molar-refractivity contribution in [2.75, 3.05) is 18.5 Å². The van der Waals surface area contributed by atoms with Crippen LogP contribution in [0.25, 0.3) is 0 Å². The number of nitrogens with two attached hydrogens (primary N) is 1. The van der Waals surface area contributed by atoms with Gasteiger partial charge in [0.05, 0.1) is 4.92 Å². The van der Waals surface area contributed by atoms with Gasteiger partial charge in [0.1, 0.15) is 5.82 Å². The van der Waals surface area contributed by atoms with Gasteiger partial charge >= 0.3 is 0 Å². The van der Waals surface area contributed by atoms with Crippen LogP contribution in [0.15, 0.2) is 17.3 Å². The van der Waals surface area contributed by atoms with Crippen molar-refractivity contribution in [2.45, 2.75) is 13.3 Å². The SMILES string of the molecule is CC1CC1CN(C)c1ccc([N+](=O)[O-])c(/C(N)=N/O)n1. The Morgan fingerprint density at radius 1 is 1.70 bits per heavy atom. The first-order valence-electron chi connectivity index (χ1n) is 6.28. The summed E-state index contributed by atoms with van der Waals surface area (Å²) in [6, 6.07) is 2.89. The van der Waals surface area contributed by atoms with Crippen LogP contribution in [0.1, 0.15) is 19.0 Å². The summed E-state index contributed by atoms with van der Waals surface area (Å²) in [5, 5.41) is 22.4. The number of anilines is 1. The molecular formula is C12H17N5O3. The topological polar surface area (TPSA) is 118 Å². The molecule has 0 radical (unpaired) electrons. The molecule has 3 N–H and O–H groups in total. The highest BCUT2D eigenvalue weighted by Crippen LogP contribution is 2.38. The van der Waals surface area contributed by atoms with E-state index in [0.717, 1.165) is 6.54 Å². The molecule has 2 rings (SSSR count). The van der Waals surface area contributed by atoms with Crippen LogP contribution in [0.3, 0.4) is 0 Å². The lowest BCUT2D eigenvalue weighted by Crippen LogP contribution is -2.24. The molecule has 8 nitrogen and oxygen atoms in total. The van der Waals surface area contributed by atoms with Gasteiger partial charge in [-0.2, -0.15) is 0 Å². The lowest BCUT2D eigenvalue weighted by Gasteiger charge is -2.18. The zero-order valence-corrected chi connectivity index (χ0v) is 11.4. The van der Waals surface area contributed by atoms with E-state index in [0.29, 0.717) is 17.7 Å². The van der Waals surface area contributed by atoms with E-state index in [1.165, 1.54) is 12.5 Å². The zero-order chi connectivity index (χ0) is 14.9. The maximum atomic E-state index is 10.9. The van der Waals surface area contributed by atoms with Gasteiger partial charge in [0, 0.05) is 19.7 Å².